The molecule has 1 saturated carbocycles. The summed E-state index contributed by atoms with van der Waals surface area (Å²) in [5.74, 6) is -3.17. The Morgan fingerprint density at radius 3 is 1.50 bits per heavy atom. The number of hydrogen-bond acceptors (Lipinski definition) is 10. The number of aliphatic hydroxyl groups is 2. The number of carboxylic acids is 3. The van der Waals surface area contributed by atoms with Gasteiger partial charge in [-0.25, -0.2) is 0 Å². The standard InChI is InChI=1S/C20H21NO4.C13H15NO4.C6H10O3/c22-19(16-9-5-2-6-10-16)13-21-12-17(11-18(21)20(23)24)25-14-15-7-3-1-4-8-15;15-10-6-11(13(17)18)14(7-10)8-12(16)9-4-2-1-3-5-9;7-5-2-1-4(3-5)6(8)9/h1-10,17-18H,11-14H2,(H,23,24);1-5,10-11,15H,6-8H2,(H,17,18);4-5,7H,1-3H2,(H,8,9)/t17-,18+;10-,11+;4-,5-/m001/s1. The lowest BCUT2D eigenvalue weighted by molar-refractivity contribution is -0.143. The number of Topliss-reactive ketones (excluding diaryl/α,β-unsaturated/α-hetero) is 2. The highest BCUT2D eigenvalue weighted by Gasteiger charge is 2.39. The Hall–Kier alpha value is -4.79. The minimum atomic E-state index is -0.993. The largest absolute Gasteiger partial charge is 0.481 e. The fourth-order valence-corrected chi connectivity index (χ4v) is 6.49. The summed E-state index contributed by atoms with van der Waals surface area (Å²) in [5, 5.41) is 45.3. The summed E-state index contributed by atoms with van der Waals surface area (Å²) < 4.78 is 5.87. The van der Waals surface area contributed by atoms with Crippen molar-refractivity contribution in [2.45, 2.75) is 69.1 Å². The number of likely N-dealkylation sites (tertiary alicyclic amines) is 2. The number of carbonyl (C=O) groups is 5. The number of β-amino-alcohol motifs (C(OH)–C–C–N with tert-alkyl or cyclic N) is 1. The molecule has 0 amide bonds. The van der Waals surface area contributed by atoms with Crippen molar-refractivity contribution in [2.75, 3.05) is 26.2 Å². The smallest absolute Gasteiger partial charge is 0.321 e. The van der Waals surface area contributed by atoms with E-state index in [2.05, 4.69) is 0 Å². The van der Waals surface area contributed by atoms with Gasteiger partial charge >= 0.3 is 17.9 Å². The van der Waals surface area contributed by atoms with E-state index in [-0.39, 0.29) is 55.7 Å². The van der Waals surface area contributed by atoms with Crippen molar-refractivity contribution >= 4 is 29.5 Å². The van der Waals surface area contributed by atoms with Crippen molar-refractivity contribution < 1.29 is 54.2 Å². The number of nitrogens with zero attached hydrogens (tertiary/aromatic N) is 2. The molecule has 13 nitrogen and oxygen atoms in total. The van der Waals surface area contributed by atoms with E-state index in [1.54, 1.807) is 53.4 Å². The van der Waals surface area contributed by atoms with Crippen LogP contribution in [0.4, 0.5) is 0 Å². The molecule has 13 heteroatoms. The lowest BCUT2D eigenvalue weighted by atomic mass is 10.1. The third kappa shape index (κ3) is 12.2. The van der Waals surface area contributed by atoms with Crippen LogP contribution in [-0.4, -0.2) is 121 Å². The van der Waals surface area contributed by atoms with Crippen LogP contribution in [0.25, 0.3) is 0 Å². The van der Waals surface area contributed by atoms with E-state index in [4.69, 9.17) is 20.1 Å². The highest BCUT2D eigenvalue weighted by atomic mass is 16.5. The predicted molar refractivity (Wildman–Crippen MR) is 189 cm³/mol. The van der Waals surface area contributed by atoms with Crippen LogP contribution in [0.2, 0.25) is 0 Å². The van der Waals surface area contributed by atoms with Crippen LogP contribution in [-0.2, 0) is 25.7 Å². The number of aliphatic carboxylic acids is 3. The number of aliphatic hydroxyl groups excluding tert-OH is 2. The van der Waals surface area contributed by atoms with Crippen LogP contribution in [0.1, 0.15) is 58.4 Å². The molecule has 278 valence electrons. The van der Waals surface area contributed by atoms with Gasteiger partial charge < -0.3 is 30.3 Å². The van der Waals surface area contributed by atoms with E-state index in [0.717, 1.165) is 5.56 Å². The van der Waals surface area contributed by atoms with Crippen molar-refractivity contribution in [1.82, 2.24) is 9.80 Å². The molecule has 0 unspecified atom stereocenters. The summed E-state index contributed by atoms with van der Waals surface area (Å²) in [6.45, 7) is 1.24. The Kier molecular flexibility index (Phi) is 15.2. The van der Waals surface area contributed by atoms with E-state index >= 15 is 0 Å². The van der Waals surface area contributed by atoms with Crippen LogP contribution < -0.4 is 0 Å². The van der Waals surface area contributed by atoms with E-state index < -0.39 is 36.1 Å². The van der Waals surface area contributed by atoms with Crippen LogP contribution >= 0.6 is 0 Å². The first-order chi connectivity index (χ1) is 24.9. The van der Waals surface area contributed by atoms with E-state index in [9.17, 15) is 34.2 Å². The number of ether oxygens (including phenoxy) is 1. The van der Waals surface area contributed by atoms with Gasteiger partial charge in [-0.2, -0.15) is 0 Å². The van der Waals surface area contributed by atoms with Gasteiger partial charge in [-0.1, -0.05) is 91.0 Å². The average molecular weight is 719 g/mol. The van der Waals surface area contributed by atoms with Gasteiger partial charge in [-0.3, -0.25) is 33.8 Å². The van der Waals surface area contributed by atoms with Crippen molar-refractivity contribution in [3.8, 4) is 0 Å². The molecule has 0 spiro atoms. The molecular formula is C39H46N2O11. The number of rotatable bonds is 12. The van der Waals surface area contributed by atoms with Crippen LogP contribution in [0.3, 0.4) is 0 Å². The van der Waals surface area contributed by atoms with Crippen molar-refractivity contribution in [1.29, 1.82) is 0 Å². The van der Waals surface area contributed by atoms with Crippen molar-refractivity contribution in [2.24, 2.45) is 5.92 Å². The molecular weight excluding hydrogens is 672 g/mol. The molecule has 2 aliphatic heterocycles. The molecule has 2 heterocycles. The Balaban J connectivity index is 0.000000194. The molecule has 0 bridgehead atoms. The number of carboxylic acid groups (broad SMARTS) is 3. The molecule has 3 aromatic rings. The zero-order valence-electron chi connectivity index (χ0n) is 28.8. The van der Waals surface area contributed by atoms with Crippen molar-refractivity contribution in [3.63, 3.8) is 0 Å². The predicted octanol–water partition coefficient (Wildman–Crippen LogP) is 3.23. The second-order valence-electron chi connectivity index (χ2n) is 13.2. The fraction of sp³-hybridized carbons (Fsp3) is 0.410. The maximum Gasteiger partial charge on any atom is 0.321 e. The summed E-state index contributed by atoms with van der Waals surface area (Å²) in [7, 11) is 0. The van der Waals surface area contributed by atoms with Gasteiger partial charge in [0.2, 0.25) is 0 Å². The monoisotopic (exact) mass is 718 g/mol. The molecule has 0 radical (unpaired) electrons. The number of hydrogen-bond donors (Lipinski definition) is 5. The Morgan fingerprint density at radius 1 is 0.577 bits per heavy atom. The van der Waals surface area contributed by atoms with Crippen LogP contribution in [0, 0.1) is 5.92 Å². The Bertz CT molecular complexity index is 1620. The molecule has 1 aliphatic carbocycles. The molecule has 3 aliphatic rings. The third-order valence-corrected chi connectivity index (χ3v) is 9.28. The molecule has 3 aromatic carbocycles. The van der Waals surface area contributed by atoms with Crippen LogP contribution in [0.15, 0.2) is 91.0 Å². The molecule has 3 fully saturated rings. The first kappa shape index (κ1) is 40.0. The van der Waals surface area contributed by atoms with E-state index in [0.29, 0.717) is 50.0 Å². The third-order valence-electron chi connectivity index (χ3n) is 9.28. The average Bonchev–Trinajstić information content (AvgIpc) is 3.87. The zero-order chi connectivity index (χ0) is 37.6. The van der Waals surface area contributed by atoms with Gasteiger partial charge in [0, 0.05) is 37.1 Å². The highest BCUT2D eigenvalue weighted by Crippen LogP contribution is 2.25. The van der Waals surface area contributed by atoms with E-state index in [1.807, 2.05) is 42.5 Å². The zero-order valence-corrected chi connectivity index (χ0v) is 28.8. The lowest BCUT2D eigenvalue weighted by Crippen LogP contribution is -2.39. The summed E-state index contributed by atoms with van der Waals surface area (Å²) >= 11 is 0. The molecule has 6 atom stereocenters. The van der Waals surface area contributed by atoms with Gasteiger partial charge in [0.1, 0.15) is 12.1 Å². The normalized spacial score (nSPS) is 24.2. The first-order valence-electron chi connectivity index (χ1n) is 17.3. The van der Waals surface area contributed by atoms with Gasteiger partial charge in [0.15, 0.2) is 11.6 Å². The molecule has 6 rings (SSSR count). The van der Waals surface area contributed by atoms with Crippen molar-refractivity contribution in [3.05, 3.63) is 108 Å². The minimum absolute atomic E-state index is 0.0258. The molecule has 52 heavy (non-hydrogen) atoms. The quantitative estimate of drug-likeness (QED) is 0.171. The van der Waals surface area contributed by atoms with Crippen LogP contribution in [0.5, 0.6) is 0 Å². The SMILES string of the molecule is O=C(CN1C[C@@H](O)C[C@@H]1C(=O)O)c1ccccc1.O=C(CN1C[C@@H](OCc2ccccc2)C[C@@H]1C(=O)O)c1ccccc1.O=C(O)[C@@H]1CC[C@@H](O)C1. The van der Waals surface area contributed by atoms with E-state index in [1.165, 1.54) is 4.90 Å². The molecule has 5 N–H and O–H groups in total. The second-order valence-corrected chi connectivity index (χ2v) is 13.2. The Morgan fingerprint density at radius 2 is 1.06 bits per heavy atom. The molecule has 2 saturated heterocycles. The van der Waals surface area contributed by atoms with Gasteiger partial charge in [-0.05, 0) is 24.8 Å². The highest BCUT2D eigenvalue weighted by molar-refractivity contribution is 5.98. The topological polar surface area (TPSA) is 202 Å². The second kappa shape index (κ2) is 19.7. The summed E-state index contributed by atoms with van der Waals surface area (Å²) in [6, 6.07) is 26.0. The molecule has 0 aromatic heterocycles. The number of ketones is 2. The number of benzene rings is 3. The Labute approximate surface area is 302 Å². The summed E-state index contributed by atoms with van der Waals surface area (Å²) in [6.07, 6.45) is 1.07. The van der Waals surface area contributed by atoms with Gasteiger partial charge in [0.25, 0.3) is 0 Å². The minimum Gasteiger partial charge on any atom is -0.481 e. The maximum atomic E-state index is 12.4. The maximum absolute atomic E-state index is 12.4. The lowest BCUT2D eigenvalue weighted by Gasteiger charge is -2.19. The summed E-state index contributed by atoms with van der Waals surface area (Å²) in [4.78, 5) is 60.3. The van der Waals surface area contributed by atoms with Gasteiger partial charge in [-0.15, -0.1) is 0 Å². The fourth-order valence-electron chi connectivity index (χ4n) is 6.49. The first-order valence-corrected chi connectivity index (χ1v) is 17.3. The van der Waals surface area contributed by atoms with Gasteiger partial charge in [0.05, 0.1) is 43.9 Å². The number of carbonyl (C=O) groups excluding carboxylic acids is 2. The summed E-state index contributed by atoms with van der Waals surface area (Å²) in [5.41, 5.74) is 2.21.